The van der Waals surface area contributed by atoms with E-state index in [1.165, 1.54) is 5.56 Å². The van der Waals surface area contributed by atoms with E-state index in [4.69, 9.17) is 0 Å². The number of carbonyl (C=O) groups is 1. The highest BCUT2D eigenvalue weighted by Crippen LogP contribution is 2.24. The Bertz CT molecular complexity index is 599. The highest BCUT2D eigenvalue weighted by molar-refractivity contribution is 7.99. The molecule has 0 spiro atoms. The van der Waals surface area contributed by atoms with Crippen LogP contribution in [0.1, 0.15) is 22.8 Å². The number of fused-ring (bicyclic) bond motifs is 1. The average Bonchev–Trinajstić information content (AvgIpc) is 2.91. The van der Waals surface area contributed by atoms with Crippen LogP contribution in [0, 0.1) is 0 Å². The molecule has 1 fully saturated rings. The van der Waals surface area contributed by atoms with Crippen LogP contribution in [-0.2, 0) is 6.42 Å². The molecule has 100 valence electrons. The molecular formula is C15H18N2OS. The Kier molecular flexibility index (Phi) is 3.51. The first kappa shape index (κ1) is 12.6. The fraction of sp³-hybridized carbons (Fsp3) is 0.400. The van der Waals surface area contributed by atoms with Crippen molar-refractivity contribution in [3.8, 4) is 0 Å². The van der Waals surface area contributed by atoms with Crippen LogP contribution in [0.4, 0.5) is 0 Å². The van der Waals surface area contributed by atoms with Crippen molar-refractivity contribution in [3.63, 3.8) is 0 Å². The molecule has 0 atom stereocenters. The lowest BCUT2D eigenvalue weighted by Gasteiger charge is -2.26. The molecule has 0 saturated carbocycles. The maximum atomic E-state index is 12.6. The molecule has 1 N–H and O–H groups in total. The first-order chi connectivity index (χ1) is 9.31. The largest absolute Gasteiger partial charge is 0.360 e. The van der Waals surface area contributed by atoms with Crippen molar-refractivity contribution in [1.82, 2.24) is 9.88 Å². The number of amides is 1. The minimum absolute atomic E-state index is 0.166. The number of hydrogen-bond acceptors (Lipinski definition) is 2. The van der Waals surface area contributed by atoms with Crippen LogP contribution in [0.3, 0.4) is 0 Å². The molecule has 0 aliphatic carbocycles. The third-order valence-electron chi connectivity index (χ3n) is 3.71. The third-order valence-corrected chi connectivity index (χ3v) is 4.65. The number of thioether (sulfide) groups is 1. The molecule has 3 rings (SSSR count). The molecule has 1 amide bonds. The Morgan fingerprint density at radius 1 is 1.37 bits per heavy atom. The summed E-state index contributed by atoms with van der Waals surface area (Å²) in [5.41, 5.74) is 3.20. The van der Waals surface area contributed by atoms with E-state index < -0.39 is 0 Å². The van der Waals surface area contributed by atoms with Gasteiger partial charge in [0.25, 0.3) is 5.91 Å². The minimum Gasteiger partial charge on any atom is -0.360 e. The second-order valence-electron chi connectivity index (χ2n) is 4.80. The van der Waals surface area contributed by atoms with E-state index in [1.54, 1.807) is 0 Å². The van der Waals surface area contributed by atoms with E-state index in [0.29, 0.717) is 0 Å². The second-order valence-corrected chi connectivity index (χ2v) is 6.02. The summed E-state index contributed by atoms with van der Waals surface area (Å²) in [6.45, 7) is 3.87. The first-order valence-corrected chi connectivity index (χ1v) is 7.92. The van der Waals surface area contributed by atoms with Crippen molar-refractivity contribution in [2.24, 2.45) is 0 Å². The van der Waals surface area contributed by atoms with Gasteiger partial charge in [-0.25, -0.2) is 0 Å². The average molecular weight is 274 g/mol. The predicted octanol–water partition coefficient (Wildman–Crippen LogP) is 2.92. The van der Waals surface area contributed by atoms with Crippen LogP contribution in [-0.4, -0.2) is 40.4 Å². The summed E-state index contributed by atoms with van der Waals surface area (Å²) < 4.78 is 0. The number of benzene rings is 1. The van der Waals surface area contributed by atoms with Gasteiger partial charge in [0.15, 0.2) is 0 Å². The molecule has 1 aliphatic heterocycles. The van der Waals surface area contributed by atoms with Gasteiger partial charge < -0.3 is 9.88 Å². The smallest absolute Gasteiger partial charge is 0.256 e. The molecule has 2 aromatic rings. The Morgan fingerprint density at radius 2 is 2.16 bits per heavy atom. The summed E-state index contributed by atoms with van der Waals surface area (Å²) in [4.78, 5) is 17.8. The molecule has 1 saturated heterocycles. The summed E-state index contributed by atoms with van der Waals surface area (Å²) in [6, 6.07) is 6.19. The van der Waals surface area contributed by atoms with Crippen molar-refractivity contribution in [2.45, 2.75) is 13.3 Å². The van der Waals surface area contributed by atoms with Gasteiger partial charge in [0.05, 0.1) is 5.56 Å². The first-order valence-electron chi connectivity index (χ1n) is 6.77. The number of nitrogens with zero attached hydrogens (tertiary/aromatic N) is 1. The highest BCUT2D eigenvalue weighted by Gasteiger charge is 2.21. The lowest BCUT2D eigenvalue weighted by Crippen LogP contribution is -2.37. The molecule has 0 bridgehead atoms. The number of H-pyrrole nitrogens is 1. The maximum absolute atomic E-state index is 12.6. The van der Waals surface area contributed by atoms with Crippen LogP contribution >= 0.6 is 11.8 Å². The molecule has 19 heavy (non-hydrogen) atoms. The number of rotatable bonds is 2. The van der Waals surface area contributed by atoms with Crippen LogP contribution < -0.4 is 0 Å². The predicted molar refractivity (Wildman–Crippen MR) is 80.9 cm³/mol. The van der Waals surface area contributed by atoms with Crippen molar-refractivity contribution in [2.75, 3.05) is 24.6 Å². The van der Waals surface area contributed by atoms with E-state index >= 15 is 0 Å². The Balaban J connectivity index is 1.98. The van der Waals surface area contributed by atoms with Gasteiger partial charge >= 0.3 is 0 Å². The van der Waals surface area contributed by atoms with Gasteiger partial charge in [-0.1, -0.05) is 25.1 Å². The van der Waals surface area contributed by atoms with Gasteiger partial charge in [-0.05, 0) is 12.0 Å². The van der Waals surface area contributed by atoms with E-state index in [2.05, 4.69) is 18.0 Å². The fourth-order valence-corrected chi connectivity index (χ4v) is 3.53. The van der Waals surface area contributed by atoms with Crippen molar-refractivity contribution in [1.29, 1.82) is 0 Å². The zero-order chi connectivity index (χ0) is 13.2. The topological polar surface area (TPSA) is 36.1 Å². The highest BCUT2D eigenvalue weighted by atomic mass is 32.2. The number of nitrogens with one attached hydrogen (secondary N) is 1. The monoisotopic (exact) mass is 274 g/mol. The number of aromatic amines is 1. The summed E-state index contributed by atoms with van der Waals surface area (Å²) in [5.74, 6) is 2.27. The van der Waals surface area contributed by atoms with E-state index in [0.717, 1.165) is 47.5 Å². The van der Waals surface area contributed by atoms with Crippen LogP contribution in [0.2, 0.25) is 0 Å². The lowest BCUT2D eigenvalue weighted by atomic mass is 10.1. The maximum Gasteiger partial charge on any atom is 0.256 e. The van der Waals surface area contributed by atoms with E-state index in [-0.39, 0.29) is 5.91 Å². The Hall–Kier alpha value is -1.42. The SMILES string of the molecule is CCc1cccc2c(C(=O)N3CCSCC3)c[nH]c12. The van der Waals surface area contributed by atoms with Crippen LogP contribution in [0.25, 0.3) is 10.9 Å². The summed E-state index contributed by atoms with van der Waals surface area (Å²) in [6.07, 6.45) is 2.85. The molecule has 1 aromatic carbocycles. The normalized spacial score (nSPS) is 15.9. The summed E-state index contributed by atoms with van der Waals surface area (Å²) >= 11 is 1.92. The fourth-order valence-electron chi connectivity index (χ4n) is 2.63. The van der Waals surface area contributed by atoms with Crippen LogP contribution in [0.15, 0.2) is 24.4 Å². The standard InChI is InChI=1S/C15H18N2OS/c1-2-11-4-3-5-12-13(10-16-14(11)12)15(18)17-6-8-19-9-7-17/h3-5,10,16H,2,6-9H2,1H3. The quantitative estimate of drug-likeness (QED) is 0.914. The number of carbonyl (C=O) groups excluding carboxylic acids is 1. The summed E-state index contributed by atoms with van der Waals surface area (Å²) in [7, 11) is 0. The molecule has 3 nitrogen and oxygen atoms in total. The van der Waals surface area contributed by atoms with Crippen molar-refractivity contribution >= 4 is 28.6 Å². The zero-order valence-corrected chi connectivity index (χ0v) is 11.9. The Morgan fingerprint density at radius 3 is 2.89 bits per heavy atom. The van der Waals surface area contributed by atoms with Gasteiger partial charge in [0.2, 0.25) is 0 Å². The number of hydrogen-bond donors (Lipinski definition) is 1. The molecular weight excluding hydrogens is 256 g/mol. The second kappa shape index (κ2) is 5.29. The molecule has 0 unspecified atom stereocenters. The molecule has 1 aromatic heterocycles. The number of aromatic nitrogens is 1. The van der Waals surface area contributed by atoms with E-state index in [1.807, 2.05) is 35.0 Å². The lowest BCUT2D eigenvalue weighted by molar-refractivity contribution is 0.0774. The molecule has 1 aliphatic rings. The van der Waals surface area contributed by atoms with Crippen LogP contribution in [0.5, 0.6) is 0 Å². The van der Waals surface area contributed by atoms with Crippen molar-refractivity contribution < 1.29 is 4.79 Å². The summed E-state index contributed by atoms with van der Waals surface area (Å²) in [5, 5.41) is 1.06. The third kappa shape index (κ3) is 2.25. The minimum atomic E-state index is 0.166. The van der Waals surface area contributed by atoms with Gasteiger partial charge in [-0.3, -0.25) is 4.79 Å². The van der Waals surface area contributed by atoms with Crippen molar-refractivity contribution in [3.05, 3.63) is 35.5 Å². The van der Waals surface area contributed by atoms with Gasteiger partial charge in [0.1, 0.15) is 0 Å². The van der Waals surface area contributed by atoms with Gasteiger partial charge in [-0.15, -0.1) is 0 Å². The number of aryl methyl sites for hydroxylation is 1. The van der Waals surface area contributed by atoms with E-state index in [9.17, 15) is 4.79 Å². The zero-order valence-electron chi connectivity index (χ0n) is 11.1. The van der Waals surface area contributed by atoms with Gasteiger partial charge in [-0.2, -0.15) is 11.8 Å². The van der Waals surface area contributed by atoms with Gasteiger partial charge in [0, 0.05) is 41.7 Å². The number of para-hydroxylation sites is 1. The molecule has 0 radical (unpaired) electrons. The molecule has 2 heterocycles. The Labute approximate surface area is 117 Å². The molecule has 4 heteroatoms.